The van der Waals surface area contributed by atoms with Crippen molar-refractivity contribution in [3.63, 3.8) is 0 Å². The molecule has 0 spiro atoms. The van der Waals surface area contributed by atoms with Crippen molar-refractivity contribution < 1.29 is 57.9 Å². The molecule has 0 amide bonds. The summed E-state index contributed by atoms with van der Waals surface area (Å²) < 4.78 is 0. The fraction of sp³-hybridized carbons (Fsp3) is 0.0870. The van der Waals surface area contributed by atoms with Gasteiger partial charge in [-0.05, 0) is 103 Å². The Bertz CT molecular complexity index is 4950. The molecule has 0 aliphatic heterocycles. The molecule has 0 saturated carbocycles. The molecule has 6 N–H and O–H groups in total. The summed E-state index contributed by atoms with van der Waals surface area (Å²) in [7, 11) is 0. The van der Waals surface area contributed by atoms with Crippen LogP contribution < -0.4 is 10.2 Å². The summed E-state index contributed by atoms with van der Waals surface area (Å²) in [5, 5.41) is 98.7. The molecular formula is C92H70MnN6O8. The third kappa shape index (κ3) is 15.3. The molecule has 0 atom stereocenters. The molecule has 523 valence electrons. The smallest absolute Gasteiger partial charge is 0.872 e. The van der Waals surface area contributed by atoms with Crippen molar-refractivity contribution in [3.05, 3.63) is 381 Å². The molecule has 14 nitrogen and oxygen atoms in total. The minimum Gasteiger partial charge on any atom is -0.872 e. The molecule has 6 aromatic heterocycles. The standard InChI is InChI=1S/2C28H24O4.3C12H8N2.Mn/c2*29-25-17-5-1-6-18(25)14-20-8-3-10-22(27(20)31)16-24-12-4-11-23(28(24)32)15-21-9-2-7-19(13-17)26(21)30;3*1-3-9-5-6-10-4-2-8-14-12(10)11(9)13-7-1;/h2*1-12,29-32H,13-16H2;3*1-8H;/q;;;;;+2/p-2. The van der Waals surface area contributed by atoms with Crippen LogP contribution in [0.2, 0.25) is 0 Å². The van der Waals surface area contributed by atoms with Gasteiger partial charge in [-0.3, -0.25) is 29.9 Å². The zero-order valence-corrected chi connectivity index (χ0v) is 59.1. The van der Waals surface area contributed by atoms with Gasteiger partial charge in [0.1, 0.15) is 34.5 Å². The number of phenols is 6. The number of fused-ring (bicyclic) bond motifs is 25. The summed E-state index contributed by atoms with van der Waals surface area (Å²) >= 11 is 0. The van der Waals surface area contributed by atoms with E-state index in [1.54, 1.807) is 61.4 Å². The van der Waals surface area contributed by atoms with Crippen LogP contribution in [0.4, 0.5) is 0 Å². The molecule has 1 radical (unpaired) electrons. The first-order chi connectivity index (χ1) is 51.9. The Morgan fingerprint density at radius 1 is 0.178 bits per heavy atom. The van der Waals surface area contributed by atoms with Gasteiger partial charge in [0.15, 0.2) is 0 Å². The van der Waals surface area contributed by atoms with E-state index in [2.05, 4.69) is 103 Å². The maximum atomic E-state index is 13.2. The largest absolute Gasteiger partial charge is 2.00 e. The predicted octanol–water partition coefficient (Wildman–Crippen LogP) is 17.5. The van der Waals surface area contributed by atoms with E-state index in [9.17, 15) is 40.9 Å². The first kappa shape index (κ1) is 70.8. The molecule has 15 heteroatoms. The monoisotopic (exact) mass is 1440 g/mol. The normalized spacial score (nSPS) is 12.0. The number of aromatic hydroxyl groups is 6. The van der Waals surface area contributed by atoms with Gasteiger partial charge in [0.05, 0.1) is 33.1 Å². The Morgan fingerprint density at radius 3 is 0.458 bits per heavy atom. The van der Waals surface area contributed by atoms with E-state index in [0.29, 0.717) is 140 Å². The number of benzene rings is 11. The molecule has 0 unspecified atom stereocenters. The van der Waals surface area contributed by atoms with Gasteiger partial charge in [0, 0.05) is 121 Å². The topological polar surface area (TPSA) is 245 Å². The molecule has 2 aliphatic rings. The molecule has 19 rings (SSSR count). The summed E-state index contributed by atoms with van der Waals surface area (Å²) in [6.07, 6.45) is 13.5. The fourth-order valence-corrected chi connectivity index (χ4v) is 14.1. The Hall–Kier alpha value is -13.2. The van der Waals surface area contributed by atoms with Crippen LogP contribution in [0.1, 0.15) is 89.0 Å². The van der Waals surface area contributed by atoms with Crippen molar-refractivity contribution in [2.45, 2.75) is 51.4 Å². The van der Waals surface area contributed by atoms with Gasteiger partial charge in [-0.2, -0.15) is 0 Å². The third-order valence-corrected chi connectivity index (χ3v) is 19.7. The number of aromatic nitrogens is 6. The maximum absolute atomic E-state index is 13.2. The fourth-order valence-electron chi connectivity index (χ4n) is 14.1. The zero-order valence-electron chi connectivity index (χ0n) is 57.9. The van der Waals surface area contributed by atoms with Gasteiger partial charge in [0.2, 0.25) is 0 Å². The molecule has 107 heavy (non-hydrogen) atoms. The van der Waals surface area contributed by atoms with Gasteiger partial charge in [-0.15, -0.1) is 11.5 Å². The number of rotatable bonds is 0. The van der Waals surface area contributed by atoms with E-state index in [-0.39, 0.29) is 63.1 Å². The van der Waals surface area contributed by atoms with E-state index in [1.807, 2.05) is 158 Å². The molecule has 11 aromatic carbocycles. The maximum Gasteiger partial charge on any atom is 2.00 e. The third-order valence-electron chi connectivity index (χ3n) is 19.7. The first-order valence-corrected chi connectivity index (χ1v) is 35.0. The quantitative estimate of drug-likeness (QED) is 0.0611. The van der Waals surface area contributed by atoms with Crippen LogP contribution in [0.3, 0.4) is 0 Å². The van der Waals surface area contributed by atoms with Crippen molar-refractivity contribution in [2.24, 2.45) is 0 Å². The number of hydrogen-bond acceptors (Lipinski definition) is 14. The Labute approximate surface area is 627 Å². The molecule has 17 aromatic rings. The molecule has 16 bridgehead atoms. The number of hydrogen-bond donors (Lipinski definition) is 6. The second-order valence-electron chi connectivity index (χ2n) is 26.4. The summed E-state index contributed by atoms with van der Waals surface area (Å²) in [6, 6.07) is 80.4. The van der Waals surface area contributed by atoms with Crippen LogP contribution in [0.5, 0.6) is 46.0 Å². The van der Waals surface area contributed by atoms with Crippen LogP contribution in [0, 0.1) is 0 Å². The van der Waals surface area contributed by atoms with Crippen LogP contribution in [0.15, 0.2) is 292 Å². The van der Waals surface area contributed by atoms with Crippen LogP contribution in [-0.2, 0) is 68.4 Å². The molecule has 0 fully saturated rings. The average Bonchev–Trinajstić information content (AvgIpc) is 0.814. The predicted molar refractivity (Wildman–Crippen MR) is 414 cm³/mol. The van der Waals surface area contributed by atoms with Gasteiger partial charge < -0.3 is 40.9 Å². The summed E-state index contributed by atoms with van der Waals surface area (Å²) in [5.74, 6) is 0.792. The van der Waals surface area contributed by atoms with E-state index >= 15 is 0 Å². The zero-order chi connectivity index (χ0) is 72.6. The van der Waals surface area contributed by atoms with Gasteiger partial charge in [0.25, 0.3) is 0 Å². The van der Waals surface area contributed by atoms with Crippen molar-refractivity contribution >= 4 is 65.4 Å². The minimum atomic E-state index is -0.0722. The Kier molecular flexibility index (Phi) is 21.1. The van der Waals surface area contributed by atoms with Crippen molar-refractivity contribution in [3.8, 4) is 46.0 Å². The molecule has 0 saturated heterocycles. The SMILES string of the molecule is [Mn+2].[O-]c1c2cccc1Cc1cccc(c1O)Cc1cccc(c1O)Cc1cccc(c1O)C2.[O-]c1c2cccc1Cc1cccc(c1O)Cc1cccc(c1O)Cc1cccc(c1O)C2.c1cnc2c(c1)ccc1cccnc12.c1cnc2c(c1)ccc1cccnc12.c1cnc2c(c1)ccc1cccnc12. The average molecular weight is 1440 g/mol. The molecule has 6 heterocycles. The number of nitrogens with zero attached hydrogens (tertiary/aromatic N) is 6. The number of para-hydroxylation sites is 8. The van der Waals surface area contributed by atoms with Crippen LogP contribution in [-0.4, -0.2) is 60.5 Å². The molecule has 2 aliphatic carbocycles. The molecular weight excluding hydrogens is 1370 g/mol. The van der Waals surface area contributed by atoms with Crippen molar-refractivity contribution in [1.82, 2.24) is 29.9 Å². The minimum absolute atomic E-state index is 0. The Balaban J connectivity index is 0.000000118. The van der Waals surface area contributed by atoms with Gasteiger partial charge in [-0.25, -0.2) is 0 Å². The number of phenolic OH excluding ortho intramolecular Hbond substituents is 6. The van der Waals surface area contributed by atoms with E-state index in [0.717, 1.165) is 65.4 Å². The van der Waals surface area contributed by atoms with Gasteiger partial charge in [-0.1, -0.05) is 241 Å². The second kappa shape index (κ2) is 31.8. The number of pyridine rings is 6. The summed E-state index contributed by atoms with van der Waals surface area (Å²) in [4.78, 5) is 26.1. The second-order valence-corrected chi connectivity index (χ2v) is 26.4. The van der Waals surface area contributed by atoms with Crippen LogP contribution >= 0.6 is 0 Å². The summed E-state index contributed by atoms with van der Waals surface area (Å²) in [5.41, 5.74) is 16.5. The van der Waals surface area contributed by atoms with Gasteiger partial charge >= 0.3 is 17.1 Å². The van der Waals surface area contributed by atoms with Crippen LogP contribution in [0.25, 0.3) is 65.4 Å². The summed E-state index contributed by atoms with van der Waals surface area (Å²) in [6.45, 7) is 0. The first-order valence-electron chi connectivity index (χ1n) is 35.0. The van der Waals surface area contributed by atoms with E-state index < -0.39 is 0 Å². The van der Waals surface area contributed by atoms with E-state index in [1.165, 1.54) is 0 Å². The van der Waals surface area contributed by atoms with Crippen molar-refractivity contribution in [1.29, 1.82) is 0 Å². The van der Waals surface area contributed by atoms with E-state index in [4.69, 9.17) is 0 Å². The Morgan fingerprint density at radius 2 is 0.308 bits per heavy atom. The van der Waals surface area contributed by atoms with Crippen molar-refractivity contribution in [2.75, 3.05) is 0 Å².